The summed E-state index contributed by atoms with van der Waals surface area (Å²) in [5.74, 6) is 1.31. The first-order chi connectivity index (χ1) is 11.6. The maximum Gasteiger partial charge on any atom is 0.185 e. The van der Waals surface area contributed by atoms with Crippen molar-refractivity contribution in [3.63, 3.8) is 0 Å². The summed E-state index contributed by atoms with van der Waals surface area (Å²) in [4.78, 5) is 7.78. The van der Waals surface area contributed by atoms with Crippen LogP contribution in [0.2, 0.25) is 0 Å². The smallest absolute Gasteiger partial charge is 0.185 e. The average Bonchev–Trinajstić information content (AvgIpc) is 2.59. The molecule has 0 aliphatic rings. The molecule has 0 rings (SSSR count). The van der Waals surface area contributed by atoms with E-state index in [0.29, 0.717) is 0 Å². The fourth-order valence-electron chi connectivity index (χ4n) is 1.40. The molecule has 0 saturated carbocycles. The lowest BCUT2D eigenvalue weighted by molar-refractivity contribution is 0.939. The molecule has 0 heterocycles. The van der Waals surface area contributed by atoms with Gasteiger partial charge in [-0.25, -0.2) is 0 Å². The maximum atomic E-state index is 5.10. The predicted molar refractivity (Wildman–Crippen MR) is 115 cm³/mol. The minimum absolute atomic E-state index is 0.191. The third-order valence-corrected chi connectivity index (χ3v) is 2.98. The monoisotopic (exact) mass is 353 g/mol. The SMILES string of the molecule is C=NC(/C=C\C)=C(/C=C\C)/C=C\C.CN.CSCCCN=C(N)N. The largest absolute Gasteiger partial charge is 0.370 e. The van der Waals surface area contributed by atoms with Crippen LogP contribution in [0, 0.1) is 0 Å². The Labute approximate surface area is 152 Å². The summed E-state index contributed by atoms with van der Waals surface area (Å²) in [5.41, 5.74) is 16.7. The molecular formula is C18H35N5S. The minimum atomic E-state index is 0.191. The number of aliphatic imine (C=N–C) groups is 2. The van der Waals surface area contributed by atoms with Crippen LogP contribution in [-0.2, 0) is 0 Å². The van der Waals surface area contributed by atoms with Gasteiger partial charge >= 0.3 is 0 Å². The molecule has 6 heteroatoms. The van der Waals surface area contributed by atoms with Crippen LogP contribution in [0.3, 0.4) is 0 Å². The van der Waals surface area contributed by atoms with Gasteiger partial charge in [-0.1, -0.05) is 30.4 Å². The van der Waals surface area contributed by atoms with Gasteiger partial charge in [0.05, 0.1) is 5.70 Å². The molecule has 0 atom stereocenters. The fraction of sp³-hybridized carbons (Fsp3) is 0.444. The zero-order valence-electron chi connectivity index (χ0n) is 15.8. The maximum absolute atomic E-state index is 5.10. The summed E-state index contributed by atoms with van der Waals surface area (Å²) < 4.78 is 0. The van der Waals surface area contributed by atoms with E-state index >= 15 is 0 Å². The predicted octanol–water partition coefficient (Wildman–Crippen LogP) is 3.26. The molecule has 0 aromatic carbocycles. The second kappa shape index (κ2) is 23.5. The lowest BCUT2D eigenvalue weighted by atomic mass is 10.1. The van der Waals surface area contributed by atoms with Crippen LogP contribution in [-0.4, -0.2) is 38.3 Å². The zero-order valence-corrected chi connectivity index (χ0v) is 16.6. The van der Waals surface area contributed by atoms with Gasteiger partial charge < -0.3 is 17.2 Å². The van der Waals surface area contributed by atoms with Gasteiger partial charge in [0.2, 0.25) is 0 Å². The third kappa shape index (κ3) is 20.2. The van der Waals surface area contributed by atoms with Crippen molar-refractivity contribution >= 4 is 24.4 Å². The molecule has 138 valence electrons. The van der Waals surface area contributed by atoms with E-state index < -0.39 is 0 Å². The number of rotatable bonds is 8. The number of hydrogen-bond donors (Lipinski definition) is 3. The van der Waals surface area contributed by atoms with E-state index in [-0.39, 0.29) is 5.96 Å². The first kappa shape index (κ1) is 27.1. The van der Waals surface area contributed by atoms with Crippen molar-refractivity contribution in [1.29, 1.82) is 0 Å². The highest BCUT2D eigenvalue weighted by molar-refractivity contribution is 7.98. The fourth-order valence-corrected chi connectivity index (χ4v) is 1.82. The first-order valence-corrected chi connectivity index (χ1v) is 9.17. The second-order valence-corrected chi connectivity index (χ2v) is 5.14. The highest BCUT2D eigenvalue weighted by Gasteiger charge is 1.93. The molecule has 5 nitrogen and oxygen atoms in total. The van der Waals surface area contributed by atoms with Gasteiger partial charge in [0.15, 0.2) is 5.96 Å². The van der Waals surface area contributed by atoms with Crippen molar-refractivity contribution in [3.8, 4) is 0 Å². The Hall–Kier alpha value is -1.79. The highest BCUT2D eigenvalue weighted by atomic mass is 32.2. The Kier molecular flexibility index (Phi) is 26.5. The molecule has 0 bridgehead atoms. The van der Waals surface area contributed by atoms with Gasteiger partial charge in [0, 0.05) is 6.54 Å². The lowest BCUT2D eigenvalue weighted by Gasteiger charge is -1.98. The van der Waals surface area contributed by atoms with Crippen molar-refractivity contribution in [2.24, 2.45) is 27.2 Å². The summed E-state index contributed by atoms with van der Waals surface area (Å²) in [7, 11) is 1.50. The number of guanidine groups is 1. The molecule has 0 aromatic rings. The Bertz CT molecular complexity index is 417. The Morgan fingerprint density at radius 3 is 1.83 bits per heavy atom. The van der Waals surface area contributed by atoms with Gasteiger partial charge in [0.1, 0.15) is 0 Å². The van der Waals surface area contributed by atoms with Crippen molar-refractivity contribution in [2.45, 2.75) is 27.2 Å². The molecule has 0 aromatic heterocycles. The molecule has 0 saturated heterocycles. The molecule has 0 radical (unpaired) electrons. The topological polar surface area (TPSA) is 103 Å². The zero-order chi connectivity index (χ0) is 19.2. The van der Waals surface area contributed by atoms with E-state index in [4.69, 9.17) is 11.5 Å². The number of thioether (sulfide) groups is 1. The van der Waals surface area contributed by atoms with Gasteiger partial charge in [-0.05, 0) is 64.6 Å². The number of nitrogens with zero attached hydrogens (tertiary/aromatic N) is 2. The number of allylic oxidation sites excluding steroid dienone is 7. The first-order valence-electron chi connectivity index (χ1n) is 7.78. The normalized spacial score (nSPS) is 9.92. The van der Waals surface area contributed by atoms with E-state index in [1.54, 1.807) is 11.8 Å². The minimum Gasteiger partial charge on any atom is -0.370 e. The van der Waals surface area contributed by atoms with E-state index in [9.17, 15) is 0 Å². The molecule has 0 aliphatic heterocycles. The third-order valence-electron chi connectivity index (χ3n) is 2.28. The van der Waals surface area contributed by atoms with Crippen molar-refractivity contribution in [3.05, 3.63) is 47.7 Å². The average molecular weight is 354 g/mol. The van der Waals surface area contributed by atoms with Crippen LogP contribution < -0.4 is 17.2 Å². The standard InChI is InChI=1S/C12H17N.C5H13N3S.CH5N/c1-5-8-11(9-6-2)12(13-4)10-7-3;1-9-4-2-3-8-5(6)7;1-2/h5-10H,4H2,1-3H3;2-4H2,1H3,(H4,6,7,8);2H2,1H3/b8-5-,9-6-,10-7-;;. The van der Waals surface area contributed by atoms with Gasteiger partial charge in [-0.15, -0.1) is 0 Å². The van der Waals surface area contributed by atoms with Crippen LogP contribution in [0.5, 0.6) is 0 Å². The van der Waals surface area contributed by atoms with Gasteiger partial charge in [0.25, 0.3) is 0 Å². The van der Waals surface area contributed by atoms with Crippen LogP contribution in [0.25, 0.3) is 0 Å². The summed E-state index contributed by atoms with van der Waals surface area (Å²) in [6, 6.07) is 0. The van der Waals surface area contributed by atoms with Crippen LogP contribution >= 0.6 is 11.8 Å². The summed E-state index contributed by atoms with van der Waals surface area (Å²) >= 11 is 1.80. The summed E-state index contributed by atoms with van der Waals surface area (Å²) in [5, 5.41) is 0. The van der Waals surface area contributed by atoms with E-state index in [0.717, 1.165) is 30.0 Å². The van der Waals surface area contributed by atoms with E-state index in [1.807, 2.05) is 57.2 Å². The number of hydrogen-bond acceptors (Lipinski definition) is 4. The van der Waals surface area contributed by atoms with Crippen molar-refractivity contribution in [2.75, 3.05) is 25.6 Å². The van der Waals surface area contributed by atoms with Crippen LogP contribution in [0.1, 0.15) is 27.2 Å². The van der Waals surface area contributed by atoms with Gasteiger partial charge in [-0.3, -0.25) is 9.98 Å². The molecule has 0 spiro atoms. The van der Waals surface area contributed by atoms with Crippen LogP contribution in [0.15, 0.2) is 57.7 Å². The molecule has 6 N–H and O–H groups in total. The molecule has 24 heavy (non-hydrogen) atoms. The molecular weight excluding hydrogens is 318 g/mol. The lowest BCUT2D eigenvalue weighted by Crippen LogP contribution is -2.23. The van der Waals surface area contributed by atoms with Crippen molar-refractivity contribution < 1.29 is 0 Å². The Morgan fingerprint density at radius 2 is 1.50 bits per heavy atom. The van der Waals surface area contributed by atoms with E-state index in [2.05, 4.69) is 28.7 Å². The number of nitrogens with two attached hydrogens (primary N) is 3. The molecule has 0 unspecified atom stereocenters. The quantitative estimate of drug-likeness (QED) is 0.270. The summed E-state index contributed by atoms with van der Waals surface area (Å²) in [6.45, 7) is 10.2. The van der Waals surface area contributed by atoms with Gasteiger partial charge in [-0.2, -0.15) is 11.8 Å². The van der Waals surface area contributed by atoms with E-state index in [1.165, 1.54) is 7.05 Å². The van der Waals surface area contributed by atoms with Crippen molar-refractivity contribution in [1.82, 2.24) is 0 Å². The molecule has 0 aliphatic carbocycles. The molecule has 0 fully saturated rings. The molecule has 0 amide bonds. The summed E-state index contributed by atoms with van der Waals surface area (Å²) in [6.07, 6.45) is 15.0. The Morgan fingerprint density at radius 1 is 1.00 bits per heavy atom. The highest BCUT2D eigenvalue weighted by Crippen LogP contribution is 2.10. The Balaban J connectivity index is -0.000000351. The van der Waals surface area contributed by atoms with Crippen LogP contribution in [0.4, 0.5) is 0 Å². The second-order valence-electron chi connectivity index (χ2n) is 4.15.